The second-order valence-electron chi connectivity index (χ2n) is 4.92. The fraction of sp³-hybridized carbons (Fsp3) is 0.538. The van der Waals surface area contributed by atoms with Gasteiger partial charge in [-0.3, -0.25) is 9.69 Å². The van der Waals surface area contributed by atoms with Gasteiger partial charge in [0.25, 0.3) is 5.91 Å². The van der Waals surface area contributed by atoms with E-state index in [0.29, 0.717) is 13.1 Å². The highest BCUT2D eigenvalue weighted by atomic mass is 79.9. The van der Waals surface area contributed by atoms with Gasteiger partial charge in [-0.1, -0.05) is 12.1 Å². The van der Waals surface area contributed by atoms with Gasteiger partial charge in [-0.2, -0.15) is 0 Å². The second kappa shape index (κ2) is 7.24. The average Bonchev–Trinajstić information content (AvgIpc) is 2.94. The summed E-state index contributed by atoms with van der Waals surface area (Å²) in [5, 5.41) is 13.8. The van der Waals surface area contributed by atoms with Gasteiger partial charge in [0.2, 0.25) is 0 Å². The monoisotopic (exact) mass is 374 g/mol. The van der Waals surface area contributed by atoms with Gasteiger partial charge in [0.1, 0.15) is 0 Å². The Morgan fingerprint density at radius 2 is 2.19 bits per heavy atom. The van der Waals surface area contributed by atoms with Crippen molar-refractivity contribution in [2.24, 2.45) is 10.9 Å². The summed E-state index contributed by atoms with van der Waals surface area (Å²) in [5.41, 5.74) is 6.45. The van der Waals surface area contributed by atoms with Crippen molar-refractivity contribution in [3.8, 4) is 0 Å². The number of carbonyl (C=O) groups excluding carboxylic acids is 1. The molecule has 0 aromatic carbocycles. The zero-order valence-electron chi connectivity index (χ0n) is 11.8. The van der Waals surface area contributed by atoms with Crippen molar-refractivity contribution in [2.45, 2.75) is 19.4 Å². The molecule has 0 radical (unpaired) electrons. The number of halogens is 1. The van der Waals surface area contributed by atoms with Crippen molar-refractivity contribution < 1.29 is 10.0 Å². The molecule has 1 fully saturated rings. The first-order valence-corrected chi connectivity index (χ1v) is 8.48. The van der Waals surface area contributed by atoms with E-state index in [1.807, 2.05) is 23.3 Å². The van der Waals surface area contributed by atoms with Crippen molar-refractivity contribution in [1.82, 2.24) is 9.80 Å². The molecular weight excluding hydrogens is 356 g/mol. The standard InChI is InChI=1S/C13H19BrN4O2S/c1-2-10(12(15)16-20)17-3-5-18(6-4-17)13(19)9-7-11(14)21-8-9/h7-8,10,20H,2-6H2,1H3,(H2,15,16). The SMILES string of the molecule is CCC(C(N)=NO)N1CCN(C(=O)c2csc(Br)c2)CC1. The van der Waals surface area contributed by atoms with Crippen LogP contribution in [0.1, 0.15) is 23.7 Å². The molecule has 1 aliphatic rings. The molecule has 0 bridgehead atoms. The van der Waals surface area contributed by atoms with E-state index < -0.39 is 0 Å². The van der Waals surface area contributed by atoms with Gasteiger partial charge in [-0.05, 0) is 28.4 Å². The Morgan fingerprint density at radius 3 is 2.67 bits per heavy atom. The van der Waals surface area contributed by atoms with Gasteiger partial charge >= 0.3 is 0 Å². The van der Waals surface area contributed by atoms with Crippen molar-refractivity contribution in [3.63, 3.8) is 0 Å². The zero-order valence-corrected chi connectivity index (χ0v) is 14.2. The molecule has 0 aliphatic carbocycles. The normalized spacial score (nSPS) is 18.8. The van der Waals surface area contributed by atoms with Gasteiger partial charge in [-0.15, -0.1) is 11.3 Å². The van der Waals surface area contributed by atoms with E-state index >= 15 is 0 Å². The van der Waals surface area contributed by atoms with E-state index in [4.69, 9.17) is 10.9 Å². The third-order valence-corrected chi connectivity index (χ3v) is 5.20. The number of piperazine rings is 1. The molecule has 21 heavy (non-hydrogen) atoms. The molecule has 6 nitrogen and oxygen atoms in total. The van der Waals surface area contributed by atoms with Crippen LogP contribution in [-0.2, 0) is 0 Å². The number of amides is 1. The lowest BCUT2D eigenvalue weighted by atomic mass is 10.1. The number of rotatable bonds is 4. The molecule has 3 N–H and O–H groups in total. The van der Waals surface area contributed by atoms with Crippen LogP contribution in [0.25, 0.3) is 0 Å². The van der Waals surface area contributed by atoms with Crippen LogP contribution >= 0.6 is 27.3 Å². The Labute approximate surface area is 136 Å². The number of oxime groups is 1. The van der Waals surface area contributed by atoms with Gasteiger partial charge in [0.05, 0.1) is 15.4 Å². The number of nitrogens with zero attached hydrogens (tertiary/aromatic N) is 3. The predicted octanol–water partition coefficient (Wildman–Crippen LogP) is 1.79. The van der Waals surface area contributed by atoms with Gasteiger partial charge in [0, 0.05) is 31.6 Å². The lowest BCUT2D eigenvalue weighted by molar-refractivity contribution is 0.0609. The summed E-state index contributed by atoms with van der Waals surface area (Å²) in [7, 11) is 0. The van der Waals surface area contributed by atoms with Crippen LogP contribution < -0.4 is 5.73 Å². The van der Waals surface area contributed by atoms with E-state index in [-0.39, 0.29) is 17.8 Å². The van der Waals surface area contributed by atoms with Gasteiger partial charge < -0.3 is 15.8 Å². The fourth-order valence-corrected chi connectivity index (χ4v) is 3.69. The molecule has 2 heterocycles. The molecule has 116 valence electrons. The van der Waals surface area contributed by atoms with Gasteiger partial charge in [0.15, 0.2) is 5.84 Å². The third kappa shape index (κ3) is 3.75. The van der Waals surface area contributed by atoms with Crippen LogP contribution in [0.15, 0.2) is 20.4 Å². The maximum absolute atomic E-state index is 12.4. The van der Waals surface area contributed by atoms with Crippen molar-refractivity contribution >= 4 is 39.0 Å². The molecule has 1 amide bonds. The molecule has 0 spiro atoms. The van der Waals surface area contributed by atoms with Crippen LogP contribution in [0.4, 0.5) is 0 Å². The summed E-state index contributed by atoms with van der Waals surface area (Å²) in [6.07, 6.45) is 0.779. The first-order valence-electron chi connectivity index (χ1n) is 6.81. The molecule has 8 heteroatoms. The number of hydrogen-bond acceptors (Lipinski definition) is 5. The summed E-state index contributed by atoms with van der Waals surface area (Å²) >= 11 is 4.89. The predicted molar refractivity (Wildman–Crippen MR) is 87.0 cm³/mol. The Morgan fingerprint density at radius 1 is 1.52 bits per heavy atom. The minimum Gasteiger partial charge on any atom is -0.409 e. The van der Waals surface area contributed by atoms with Crippen LogP contribution in [0.2, 0.25) is 0 Å². The first kappa shape index (κ1) is 16.3. The molecule has 1 aromatic heterocycles. The van der Waals surface area contributed by atoms with Crippen molar-refractivity contribution in [1.29, 1.82) is 0 Å². The summed E-state index contributed by atoms with van der Waals surface area (Å²) in [6.45, 7) is 4.77. The number of hydrogen-bond donors (Lipinski definition) is 2. The highest BCUT2D eigenvalue weighted by Gasteiger charge is 2.28. The smallest absolute Gasteiger partial charge is 0.254 e. The molecule has 1 saturated heterocycles. The highest BCUT2D eigenvalue weighted by molar-refractivity contribution is 9.11. The fourth-order valence-electron chi connectivity index (χ4n) is 2.56. The van der Waals surface area contributed by atoms with Crippen molar-refractivity contribution in [3.05, 3.63) is 20.8 Å². The first-order chi connectivity index (χ1) is 10.1. The highest BCUT2D eigenvalue weighted by Crippen LogP contribution is 2.22. The van der Waals surface area contributed by atoms with E-state index in [1.54, 1.807) is 0 Å². The summed E-state index contributed by atoms with van der Waals surface area (Å²) in [4.78, 5) is 16.4. The van der Waals surface area contributed by atoms with Crippen LogP contribution in [0, 0.1) is 0 Å². The summed E-state index contributed by atoms with van der Waals surface area (Å²) in [5.74, 6) is 0.299. The Hall–Kier alpha value is -1.12. The average molecular weight is 375 g/mol. The molecule has 0 saturated carbocycles. The summed E-state index contributed by atoms with van der Waals surface area (Å²) in [6, 6.07) is 1.78. The topological polar surface area (TPSA) is 82.2 Å². The number of amidine groups is 1. The van der Waals surface area contributed by atoms with Crippen LogP contribution in [0.3, 0.4) is 0 Å². The zero-order chi connectivity index (χ0) is 15.4. The van der Waals surface area contributed by atoms with Gasteiger partial charge in [-0.25, -0.2) is 0 Å². The van der Waals surface area contributed by atoms with E-state index in [9.17, 15) is 4.79 Å². The maximum Gasteiger partial charge on any atom is 0.254 e. The van der Waals surface area contributed by atoms with E-state index in [0.717, 1.165) is 28.9 Å². The largest absolute Gasteiger partial charge is 0.409 e. The van der Waals surface area contributed by atoms with Crippen LogP contribution in [-0.4, -0.2) is 59.0 Å². The summed E-state index contributed by atoms with van der Waals surface area (Å²) < 4.78 is 0.961. The number of thiophene rings is 1. The molecule has 1 aromatic rings. The molecule has 1 atom stereocenters. The molecule has 2 rings (SSSR count). The van der Waals surface area contributed by atoms with Crippen LogP contribution in [0.5, 0.6) is 0 Å². The Bertz CT molecular complexity index is 526. The Kier molecular flexibility index (Phi) is 5.60. The third-order valence-electron chi connectivity index (χ3n) is 3.70. The molecular formula is C13H19BrN4O2S. The number of carbonyl (C=O) groups is 1. The lowest BCUT2D eigenvalue weighted by Crippen LogP contribution is -2.55. The van der Waals surface area contributed by atoms with E-state index in [1.165, 1.54) is 11.3 Å². The maximum atomic E-state index is 12.4. The minimum absolute atomic E-state index is 0.0634. The lowest BCUT2D eigenvalue weighted by Gasteiger charge is -2.38. The molecule has 1 unspecified atom stereocenters. The van der Waals surface area contributed by atoms with Crippen molar-refractivity contribution in [2.75, 3.05) is 26.2 Å². The Balaban J connectivity index is 1.95. The molecule has 1 aliphatic heterocycles. The van der Waals surface area contributed by atoms with E-state index in [2.05, 4.69) is 26.0 Å². The number of nitrogens with two attached hydrogens (primary N) is 1. The quantitative estimate of drug-likeness (QED) is 0.364. The second-order valence-corrected chi connectivity index (χ2v) is 7.21. The minimum atomic E-state index is -0.0671.